The Morgan fingerprint density at radius 1 is 1.26 bits per heavy atom. The van der Waals surface area contributed by atoms with Crippen LogP contribution in [0.1, 0.15) is 16.8 Å². The molecular formula is C19H17F2NO4S. The second kappa shape index (κ2) is 8.06. The smallest absolute Gasteiger partial charge is 0.411 e. The fraction of sp³-hybridized carbons (Fsp3) is 0.263. The van der Waals surface area contributed by atoms with Crippen molar-refractivity contribution in [3.63, 3.8) is 0 Å². The van der Waals surface area contributed by atoms with Crippen LogP contribution in [-0.4, -0.2) is 35.9 Å². The number of benzene rings is 2. The molecule has 1 amide bonds. The van der Waals surface area contributed by atoms with Crippen LogP contribution >= 0.6 is 11.8 Å². The van der Waals surface area contributed by atoms with Crippen LogP contribution in [0.25, 0.3) is 0 Å². The van der Waals surface area contributed by atoms with E-state index in [0.29, 0.717) is 23.8 Å². The van der Waals surface area contributed by atoms with Gasteiger partial charge in [0.15, 0.2) is 5.78 Å². The molecule has 1 aliphatic rings. The number of carbonyl (C=O) groups is 2. The minimum atomic E-state index is -1.27. The van der Waals surface area contributed by atoms with Gasteiger partial charge >= 0.3 is 6.09 Å². The molecule has 2 aromatic rings. The van der Waals surface area contributed by atoms with Crippen molar-refractivity contribution >= 4 is 29.3 Å². The zero-order valence-corrected chi connectivity index (χ0v) is 15.0. The fourth-order valence-corrected chi connectivity index (χ4v) is 4.01. The molecule has 0 spiro atoms. The number of ether oxygens (including phenoxy) is 1. The number of thioether (sulfide) groups is 1. The third-order valence-corrected chi connectivity index (χ3v) is 5.48. The predicted molar refractivity (Wildman–Crippen MR) is 97.0 cm³/mol. The van der Waals surface area contributed by atoms with E-state index in [4.69, 9.17) is 4.74 Å². The second-order valence-corrected chi connectivity index (χ2v) is 7.32. The average Bonchev–Trinajstić information content (AvgIpc) is 2.80. The molecule has 5 nitrogen and oxygen atoms in total. The molecule has 1 aliphatic heterocycles. The monoisotopic (exact) mass is 393 g/mol. The van der Waals surface area contributed by atoms with E-state index < -0.39 is 29.7 Å². The first-order chi connectivity index (χ1) is 12.9. The summed E-state index contributed by atoms with van der Waals surface area (Å²) in [5.74, 6) is -1.45. The highest BCUT2D eigenvalue weighted by Crippen LogP contribution is 2.38. The van der Waals surface area contributed by atoms with Gasteiger partial charge in [-0.2, -0.15) is 0 Å². The molecule has 2 aromatic carbocycles. The Kier molecular flexibility index (Phi) is 5.76. The standard InChI is InChI=1S/C19H17F2NO4S/c20-12-5-6-15(14(21)9-12)22-18(25)26-11-19(10-23)7-8-27-16-4-2-1-3-13(16)17(19)24/h1-6,9,23H,7-8,10-11H2,(H,22,25). The van der Waals surface area contributed by atoms with Crippen molar-refractivity contribution in [3.05, 3.63) is 59.7 Å². The summed E-state index contributed by atoms with van der Waals surface area (Å²) < 4.78 is 31.7. The molecule has 0 aromatic heterocycles. The Morgan fingerprint density at radius 3 is 2.78 bits per heavy atom. The largest absolute Gasteiger partial charge is 0.448 e. The number of halogens is 2. The van der Waals surface area contributed by atoms with Gasteiger partial charge in [-0.05, 0) is 30.4 Å². The molecule has 1 heterocycles. The van der Waals surface area contributed by atoms with Crippen LogP contribution in [0.4, 0.5) is 19.3 Å². The molecule has 27 heavy (non-hydrogen) atoms. The van der Waals surface area contributed by atoms with E-state index in [2.05, 4.69) is 5.32 Å². The molecule has 3 rings (SSSR count). The van der Waals surface area contributed by atoms with Gasteiger partial charge in [-0.25, -0.2) is 13.6 Å². The molecule has 0 aliphatic carbocycles. The van der Waals surface area contributed by atoms with Crippen LogP contribution in [-0.2, 0) is 4.74 Å². The lowest BCUT2D eigenvalue weighted by Gasteiger charge is -2.28. The van der Waals surface area contributed by atoms with Crippen LogP contribution in [0.5, 0.6) is 0 Å². The summed E-state index contributed by atoms with van der Waals surface area (Å²) in [5, 5.41) is 12.1. The first kappa shape index (κ1) is 19.3. The SMILES string of the molecule is O=C(Nc1ccc(F)cc1F)OCC1(CO)CCSc2ccccc2C1=O. The van der Waals surface area contributed by atoms with Crippen molar-refractivity contribution in [1.82, 2.24) is 0 Å². The van der Waals surface area contributed by atoms with E-state index in [1.54, 1.807) is 12.1 Å². The number of hydrogen-bond donors (Lipinski definition) is 2. The fourth-order valence-electron chi connectivity index (χ4n) is 2.81. The highest BCUT2D eigenvalue weighted by atomic mass is 32.2. The number of aliphatic hydroxyl groups is 1. The van der Waals surface area contributed by atoms with Gasteiger partial charge in [0.25, 0.3) is 0 Å². The highest BCUT2D eigenvalue weighted by Gasteiger charge is 2.42. The van der Waals surface area contributed by atoms with Crippen LogP contribution in [0.3, 0.4) is 0 Å². The van der Waals surface area contributed by atoms with Crippen molar-refractivity contribution in [1.29, 1.82) is 0 Å². The second-order valence-electron chi connectivity index (χ2n) is 6.19. The number of aliphatic hydroxyl groups excluding tert-OH is 1. The summed E-state index contributed by atoms with van der Waals surface area (Å²) in [5.41, 5.74) is -1.03. The van der Waals surface area contributed by atoms with Gasteiger partial charge in [-0.3, -0.25) is 10.1 Å². The Labute approximate surface area is 158 Å². The third-order valence-electron chi connectivity index (χ3n) is 4.40. The quantitative estimate of drug-likeness (QED) is 0.825. The van der Waals surface area contributed by atoms with Crippen molar-refractivity contribution in [2.75, 3.05) is 24.3 Å². The molecule has 8 heteroatoms. The van der Waals surface area contributed by atoms with Crippen molar-refractivity contribution < 1.29 is 28.2 Å². The Morgan fingerprint density at radius 2 is 2.04 bits per heavy atom. The lowest BCUT2D eigenvalue weighted by molar-refractivity contribution is 0.0344. The minimum absolute atomic E-state index is 0.243. The molecule has 0 saturated carbocycles. The van der Waals surface area contributed by atoms with Gasteiger partial charge in [0.1, 0.15) is 18.2 Å². The van der Waals surface area contributed by atoms with E-state index in [1.807, 2.05) is 12.1 Å². The van der Waals surface area contributed by atoms with Crippen molar-refractivity contribution in [2.24, 2.45) is 5.41 Å². The van der Waals surface area contributed by atoms with E-state index in [1.165, 1.54) is 11.8 Å². The molecule has 2 N–H and O–H groups in total. The topological polar surface area (TPSA) is 75.6 Å². The van der Waals surface area contributed by atoms with Gasteiger partial charge in [-0.15, -0.1) is 11.8 Å². The van der Waals surface area contributed by atoms with Gasteiger partial charge in [0, 0.05) is 16.5 Å². The van der Waals surface area contributed by atoms with Crippen LogP contribution < -0.4 is 5.32 Å². The van der Waals surface area contributed by atoms with Gasteiger partial charge in [0.2, 0.25) is 0 Å². The maximum Gasteiger partial charge on any atom is 0.411 e. The molecule has 0 radical (unpaired) electrons. The minimum Gasteiger partial charge on any atom is -0.448 e. The van der Waals surface area contributed by atoms with Gasteiger partial charge in [-0.1, -0.05) is 18.2 Å². The number of carbonyl (C=O) groups excluding carboxylic acids is 2. The summed E-state index contributed by atoms with van der Waals surface area (Å²) in [6.45, 7) is -0.842. The van der Waals surface area contributed by atoms with E-state index in [-0.39, 0.29) is 18.1 Å². The lowest BCUT2D eigenvalue weighted by Crippen LogP contribution is -2.41. The summed E-state index contributed by atoms with van der Waals surface area (Å²) in [4.78, 5) is 25.8. The molecule has 0 fully saturated rings. The molecule has 0 bridgehead atoms. The highest BCUT2D eigenvalue weighted by molar-refractivity contribution is 7.99. The Balaban J connectivity index is 1.72. The summed E-state index contributed by atoms with van der Waals surface area (Å²) in [6.07, 6.45) is -0.675. The summed E-state index contributed by atoms with van der Waals surface area (Å²) in [6, 6.07) is 9.76. The molecule has 1 unspecified atom stereocenters. The number of amides is 1. The molecule has 142 valence electrons. The number of ketones is 1. The number of rotatable bonds is 4. The maximum atomic E-state index is 13.6. The first-order valence-corrected chi connectivity index (χ1v) is 9.20. The predicted octanol–water partition coefficient (Wildman–Crippen LogP) is 3.87. The van der Waals surface area contributed by atoms with Crippen LogP contribution in [0.15, 0.2) is 47.4 Å². The van der Waals surface area contributed by atoms with Gasteiger partial charge in [0.05, 0.1) is 17.7 Å². The van der Waals surface area contributed by atoms with Crippen molar-refractivity contribution in [2.45, 2.75) is 11.3 Å². The normalized spacial score (nSPS) is 19.1. The van der Waals surface area contributed by atoms with Gasteiger partial charge < -0.3 is 9.84 Å². The molecule has 1 atom stereocenters. The zero-order valence-electron chi connectivity index (χ0n) is 14.2. The van der Waals surface area contributed by atoms with E-state index in [0.717, 1.165) is 17.0 Å². The summed E-state index contributed by atoms with van der Waals surface area (Å²) in [7, 11) is 0. The number of hydrogen-bond acceptors (Lipinski definition) is 5. The number of Topliss-reactive ketones (excluding diaryl/α,β-unsaturated/α-hetero) is 1. The van der Waals surface area contributed by atoms with Crippen LogP contribution in [0.2, 0.25) is 0 Å². The Bertz CT molecular complexity index is 877. The number of nitrogens with one attached hydrogen (secondary N) is 1. The molecular weight excluding hydrogens is 376 g/mol. The zero-order chi connectivity index (χ0) is 19.4. The van der Waals surface area contributed by atoms with Crippen LogP contribution in [0, 0.1) is 17.0 Å². The third kappa shape index (κ3) is 4.12. The summed E-state index contributed by atoms with van der Waals surface area (Å²) >= 11 is 1.50. The number of fused-ring (bicyclic) bond motifs is 1. The average molecular weight is 393 g/mol. The van der Waals surface area contributed by atoms with Crippen molar-refractivity contribution in [3.8, 4) is 0 Å². The first-order valence-electron chi connectivity index (χ1n) is 8.21. The molecule has 0 saturated heterocycles. The Hall–Kier alpha value is -2.45. The lowest BCUT2D eigenvalue weighted by atomic mass is 9.79. The number of anilines is 1. The van der Waals surface area contributed by atoms with E-state index in [9.17, 15) is 23.5 Å². The maximum absolute atomic E-state index is 13.6. The van der Waals surface area contributed by atoms with E-state index >= 15 is 0 Å².